The van der Waals surface area contributed by atoms with Gasteiger partial charge < -0.3 is 0 Å². The van der Waals surface area contributed by atoms with E-state index in [1.807, 2.05) is 0 Å². The fourth-order valence-corrected chi connectivity index (χ4v) is 0.859. The normalized spacial score (nSPS) is 12.4. The van der Waals surface area contributed by atoms with E-state index in [1.165, 1.54) is 7.05 Å². The molecule has 0 atom stereocenters. The molecule has 0 saturated heterocycles. The van der Waals surface area contributed by atoms with Gasteiger partial charge in [-0.25, -0.2) is 4.72 Å². The summed E-state index contributed by atoms with van der Waals surface area (Å²) in [5.41, 5.74) is 0. The minimum atomic E-state index is -3.26. The van der Waals surface area contributed by atoms with Crippen LogP contribution in [-0.2, 0) is 10.2 Å². The van der Waals surface area contributed by atoms with Gasteiger partial charge in [-0.3, -0.25) is 4.90 Å². The van der Waals surface area contributed by atoms with Gasteiger partial charge in [0.15, 0.2) is 0 Å². The highest BCUT2D eigenvalue weighted by atomic mass is 32.2. The molecule has 0 heterocycles. The molecule has 10 heavy (non-hydrogen) atoms. The average Bonchev–Trinajstić information content (AvgIpc) is 1.85. The van der Waals surface area contributed by atoms with Crippen LogP contribution in [0, 0.1) is 0 Å². The van der Waals surface area contributed by atoms with Crippen molar-refractivity contribution in [2.24, 2.45) is 0 Å². The van der Waals surface area contributed by atoms with Crippen LogP contribution in [0.15, 0.2) is 0 Å². The molecule has 0 spiro atoms. The smallest absolute Gasteiger partial charge is 0.277 e. The Bertz CT molecular complexity index is 175. The molecule has 0 amide bonds. The fraction of sp³-hybridized carbons (Fsp3) is 1.00. The summed E-state index contributed by atoms with van der Waals surface area (Å²) in [7, 11) is 1.65. The molecular formula is C4H13N3O2S. The number of hydrogen-bond donors (Lipinski definition) is 2. The summed E-state index contributed by atoms with van der Waals surface area (Å²) in [6, 6.07) is 0. The molecule has 0 aromatic heterocycles. The molecule has 0 aromatic carbocycles. The van der Waals surface area contributed by atoms with Crippen LogP contribution in [-0.4, -0.2) is 41.1 Å². The van der Waals surface area contributed by atoms with E-state index in [-0.39, 0.29) is 0 Å². The SMILES string of the molecule is CNS(=O)(=O)NCN(C)C. The topological polar surface area (TPSA) is 61.4 Å². The van der Waals surface area contributed by atoms with Gasteiger partial charge in [0.05, 0.1) is 6.67 Å². The maximum Gasteiger partial charge on any atom is 0.277 e. The Kier molecular flexibility index (Phi) is 3.80. The van der Waals surface area contributed by atoms with E-state index in [0.29, 0.717) is 6.67 Å². The summed E-state index contributed by atoms with van der Waals surface area (Å²) < 4.78 is 25.7. The second-order valence-corrected chi connectivity index (χ2v) is 3.79. The van der Waals surface area contributed by atoms with Crippen LogP contribution in [0.25, 0.3) is 0 Å². The zero-order chi connectivity index (χ0) is 8.20. The van der Waals surface area contributed by atoms with Crippen molar-refractivity contribution in [1.82, 2.24) is 14.3 Å². The van der Waals surface area contributed by atoms with Gasteiger partial charge in [-0.15, -0.1) is 0 Å². The Morgan fingerprint density at radius 3 is 2.20 bits per heavy atom. The lowest BCUT2D eigenvalue weighted by Gasteiger charge is -2.10. The van der Waals surface area contributed by atoms with E-state index in [0.717, 1.165) is 0 Å². The number of rotatable bonds is 4. The zero-order valence-electron chi connectivity index (χ0n) is 6.38. The van der Waals surface area contributed by atoms with Crippen molar-refractivity contribution in [2.45, 2.75) is 0 Å². The van der Waals surface area contributed by atoms with Gasteiger partial charge in [0.25, 0.3) is 10.2 Å². The molecule has 0 fully saturated rings. The Balaban J connectivity index is 3.70. The van der Waals surface area contributed by atoms with E-state index in [2.05, 4.69) is 9.44 Å². The van der Waals surface area contributed by atoms with Crippen LogP contribution in [0.1, 0.15) is 0 Å². The molecule has 6 heteroatoms. The molecule has 62 valence electrons. The third kappa shape index (κ3) is 4.68. The fourth-order valence-electron chi connectivity index (χ4n) is 0.286. The predicted molar refractivity (Wildman–Crippen MR) is 39.7 cm³/mol. The standard InChI is InChI=1S/C4H13N3O2S/c1-5-10(8,9)6-4-7(2)3/h5-6H,4H2,1-3H3. The second-order valence-electron chi connectivity index (χ2n) is 2.09. The van der Waals surface area contributed by atoms with Gasteiger partial charge >= 0.3 is 0 Å². The molecule has 2 N–H and O–H groups in total. The first-order chi connectivity index (χ1) is 4.48. The lowest BCUT2D eigenvalue weighted by Crippen LogP contribution is -2.39. The van der Waals surface area contributed by atoms with Crippen molar-refractivity contribution in [1.29, 1.82) is 0 Å². The first-order valence-electron chi connectivity index (χ1n) is 2.81. The van der Waals surface area contributed by atoms with Crippen LogP contribution >= 0.6 is 0 Å². The molecule has 5 nitrogen and oxygen atoms in total. The van der Waals surface area contributed by atoms with Gasteiger partial charge in [0.1, 0.15) is 0 Å². The highest BCUT2D eigenvalue weighted by molar-refractivity contribution is 7.87. The molecule has 0 aliphatic rings. The van der Waals surface area contributed by atoms with Crippen molar-refractivity contribution in [3.8, 4) is 0 Å². The van der Waals surface area contributed by atoms with Crippen molar-refractivity contribution in [2.75, 3.05) is 27.8 Å². The summed E-state index contributed by atoms with van der Waals surface area (Å²) in [5.74, 6) is 0. The minimum Gasteiger partial charge on any atom is -0.296 e. The van der Waals surface area contributed by atoms with Crippen LogP contribution in [0.3, 0.4) is 0 Å². The Hall–Kier alpha value is -0.170. The number of nitrogens with one attached hydrogen (secondary N) is 2. The molecular weight excluding hydrogens is 154 g/mol. The predicted octanol–water partition coefficient (Wildman–Crippen LogP) is -1.44. The summed E-state index contributed by atoms with van der Waals surface area (Å²) in [6.07, 6.45) is 0. The average molecular weight is 167 g/mol. The van der Waals surface area contributed by atoms with Crippen molar-refractivity contribution >= 4 is 10.2 Å². The van der Waals surface area contributed by atoms with E-state index in [1.54, 1.807) is 19.0 Å². The van der Waals surface area contributed by atoms with Crippen LogP contribution < -0.4 is 9.44 Å². The van der Waals surface area contributed by atoms with Crippen LogP contribution in [0.2, 0.25) is 0 Å². The van der Waals surface area contributed by atoms with Gasteiger partial charge in [0, 0.05) is 7.05 Å². The quantitative estimate of drug-likeness (QED) is 0.504. The monoisotopic (exact) mass is 167 g/mol. The zero-order valence-corrected chi connectivity index (χ0v) is 7.20. The van der Waals surface area contributed by atoms with E-state index in [9.17, 15) is 8.42 Å². The third-order valence-corrected chi connectivity index (χ3v) is 1.89. The molecule has 0 aromatic rings. The van der Waals surface area contributed by atoms with Gasteiger partial charge in [0.2, 0.25) is 0 Å². The third-order valence-electron chi connectivity index (χ3n) is 0.840. The summed E-state index contributed by atoms with van der Waals surface area (Å²) in [5, 5.41) is 0. The first-order valence-corrected chi connectivity index (χ1v) is 4.29. The molecule has 0 aliphatic heterocycles. The van der Waals surface area contributed by atoms with Gasteiger partial charge in [-0.1, -0.05) is 0 Å². The molecule has 0 radical (unpaired) electrons. The lowest BCUT2D eigenvalue weighted by atomic mass is 10.9. The Labute approximate surface area is 61.6 Å². The highest BCUT2D eigenvalue weighted by Crippen LogP contribution is 1.73. The maximum atomic E-state index is 10.7. The van der Waals surface area contributed by atoms with Crippen molar-refractivity contribution in [3.63, 3.8) is 0 Å². The van der Waals surface area contributed by atoms with Gasteiger partial charge in [-0.2, -0.15) is 13.1 Å². The Morgan fingerprint density at radius 2 is 1.90 bits per heavy atom. The van der Waals surface area contributed by atoms with Crippen molar-refractivity contribution < 1.29 is 8.42 Å². The summed E-state index contributed by atoms with van der Waals surface area (Å²) >= 11 is 0. The maximum absolute atomic E-state index is 10.7. The molecule has 0 aliphatic carbocycles. The van der Waals surface area contributed by atoms with E-state index < -0.39 is 10.2 Å². The van der Waals surface area contributed by atoms with E-state index >= 15 is 0 Å². The largest absolute Gasteiger partial charge is 0.296 e. The van der Waals surface area contributed by atoms with Gasteiger partial charge in [-0.05, 0) is 14.1 Å². The lowest BCUT2D eigenvalue weighted by molar-refractivity contribution is 0.398. The van der Waals surface area contributed by atoms with Crippen molar-refractivity contribution in [3.05, 3.63) is 0 Å². The summed E-state index contributed by atoms with van der Waals surface area (Å²) in [4.78, 5) is 1.72. The van der Waals surface area contributed by atoms with E-state index in [4.69, 9.17) is 0 Å². The van der Waals surface area contributed by atoms with Crippen LogP contribution in [0.5, 0.6) is 0 Å². The summed E-state index contributed by atoms with van der Waals surface area (Å²) in [6.45, 7) is 0.309. The first kappa shape index (κ1) is 9.83. The Morgan fingerprint density at radius 1 is 1.40 bits per heavy atom. The molecule has 0 saturated carbocycles. The number of nitrogens with zero attached hydrogens (tertiary/aromatic N) is 1. The molecule has 0 unspecified atom stereocenters. The minimum absolute atomic E-state index is 0.309. The van der Waals surface area contributed by atoms with Crippen LogP contribution in [0.4, 0.5) is 0 Å². The second kappa shape index (κ2) is 3.87. The highest BCUT2D eigenvalue weighted by Gasteiger charge is 2.03. The number of hydrogen-bond acceptors (Lipinski definition) is 3. The molecule has 0 rings (SSSR count). The molecule has 0 bridgehead atoms.